The van der Waals surface area contributed by atoms with Crippen LogP contribution < -0.4 is 10.7 Å². The van der Waals surface area contributed by atoms with E-state index in [1.54, 1.807) is 0 Å². The minimum atomic E-state index is 0.507. The van der Waals surface area contributed by atoms with Gasteiger partial charge in [0.15, 0.2) is 10.9 Å². The number of hydrazone groups is 1. The van der Waals surface area contributed by atoms with Gasteiger partial charge in [0.2, 0.25) is 0 Å². The molecular formula is C13H15N3OS. The van der Waals surface area contributed by atoms with E-state index >= 15 is 0 Å². The Balaban J connectivity index is 2.15. The second-order valence-electron chi connectivity index (χ2n) is 3.82. The maximum absolute atomic E-state index is 5.69. The predicted molar refractivity (Wildman–Crippen MR) is 77.8 cm³/mol. The van der Waals surface area contributed by atoms with Crippen molar-refractivity contribution in [2.45, 2.75) is 13.8 Å². The van der Waals surface area contributed by atoms with Gasteiger partial charge in [0.1, 0.15) is 11.3 Å². The highest BCUT2D eigenvalue weighted by Crippen LogP contribution is 2.19. The zero-order valence-electron chi connectivity index (χ0n) is 10.4. The van der Waals surface area contributed by atoms with Gasteiger partial charge < -0.3 is 9.73 Å². The molecule has 0 aliphatic heterocycles. The Bertz CT molecular complexity index is 556. The third-order valence-corrected chi connectivity index (χ3v) is 2.68. The van der Waals surface area contributed by atoms with E-state index in [1.165, 1.54) is 0 Å². The van der Waals surface area contributed by atoms with Crippen LogP contribution in [-0.2, 0) is 0 Å². The molecule has 2 N–H and O–H groups in total. The lowest BCUT2D eigenvalue weighted by Crippen LogP contribution is -2.32. The summed E-state index contributed by atoms with van der Waals surface area (Å²) in [6.45, 7) is 4.62. The summed E-state index contributed by atoms with van der Waals surface area (Å²) in [4.78, 5) is 0. The molecular weight excluding hydrogens is 246 g/mol. The number of hydrogen-bond donors (Lipinski definition) is 2. The van der Waals surface area contributed by atoms with E-state index in [0.717, 1.165) is 29.0 Å². The molecule has 2 rings (SSSR count). The second kappa shape index (κ2) is 5.64. The zero-order chi connectivity index (χ0) is 13.0. The molecule has 5 heteroatoms. The molecule has 0 fully saturated rings. The largest absolute Gasteiger partial charge is 0.455 e. The van der Waals surface area contributed by atoms with Crippen molar-refractivity contribution in [3.8, 4) is 0 Å². The van der Waals surface area contributed by atoms with Crippen LogP contribution in [-0.4, -0.2) is 17.4 Å². The standard InChI is InChI=1S/C13H15N3OS/c1-3-14-13(18)16-15-9(2)12-8-10-6-4-5-7-11(10)17-12/h4-8H,3H2,1-2H3,(H2,14,16,18)/b15-9-. The number of nitrogens with zero attached hydrogens (tertiary/aromatic N) is 1. The van der Waals surface area contributed by atoms with Crippen LogP contribution in [0.3, 0.4) is 0 Å². The predicted octanol–water partition coefficient (Wildman–Crippen LogP) is 2.64. The summed E-state index contributed by atoms with van der Waals surface area (Å²) in [5.74, 6) is 0.739. The second-order valence-corrected chi connectivity index (χ2v) is 4.23. The van der Waals surface area contributed by atoms with Gasteiger partial charge in [0.25, 0.3) is 0 Å². The highest BCUT2D eigenvalue weighted by molar-refractivity contribution is 7.80. The van der Waals surface area contributed by atoms with Crippen LogP contribution in [0.2, 0.25) is 0 Å². The van der Waals surface area contributed by atoms with Gasteiger partial charge in [-0.3, -0.25) is 5.43 Å². The molecule has 1 aromatic carbocycles. The molecule has 0 radical (unpaired) electrons. The quantitative estimate of drug-likeness (QED) is 0.506. The van der Waals surface area contributed by atoms with E-state index in [-0.39, 0.29) is 0 Å². The molecule has 0 amide bonds. The number of furan rings is 1. The first-order valence-corrected chi connectivity index (χ1v) is 6.18. The molecule has 0 unspecified atom stereocenters. The number of benzene rings is 1. The van der Waals surface area contributed by atoms with E-state index < -0.39 is 0 Å². The number of nitrogens with one attached hydrogen (secondary N) is 2. The molecule has 4 nitrogen and oxygen atoms in total. The fourth-order valence-electron chi connectivity index (χ4n) is 1.55. The lowest BCUT2D eigenvalue weighted by Gasteiger charge is -2.03. The van der Waals surface area contributed by atoms with Crippen LogP contribution in [0.15, 0.2) is 39.9 Å². The fraction of sp³-hybridized carbons (Fsp3) is 0.231. The highest BCUT2D eigenvalue weighted by Gasteiger charge is 2.05. The minimum absolute atomic E-state index is 0.507. The number of fused-ring (bicyclic) bond motifs is 1. The lowest BCUT2D eigenvalue weighted by molar-refractivity contribution is 0.603. The fourth-order valence-corrected chi connectivity index (χ4v) is 1.74. The lowest BCUT2D eigenvalue weighted by atomic mass is 10.2. The van der Waals surface area contributed by atoms with E-state index in [1.807, 2.05) is 44.2 Å². The number of thiocarbonyl (C=S) groups is 1. The Morgan fingerprint density at radius 1 is 1.39 bits per heavy atom. The summed E-state index contributed by atoms with van der Waals surface area (Å²) in [6.07, 6.45) is 0. The molecule has 0 saturated heterocycles. The third kappa shape index (κ3) is 2.87. The SMILES string of the molecule is CCNC(=S)N/N=C(/C)c1cc2ccccc2o1. The topological polar surface area (TPSA) is 49.6 Å². The molecule has 0 atom stereocenters. The molecule has 0 aliphatic carbocycles. The number of rotatable bonds is 3. The molecule has 2 aromatic rings. The van der Waals surface area contributed by atoms with Crippen LogP contribution in [0.5, 0.6) is 0 Å². The summed E-state index contributed by atoms with van der Waals surface area (Å²) < 4.78 is 5.69. The molecule has 1 aromatic heterocycles. The monoisotopic (exact) mass is 261 g/mol. The van der Waals surface area contributed by atoms with Crippen LogP contribution in [0.25, 0.3) is 11.0 Å². The van der Waals surface area contributed by atoms with E-state index in [2.05, 4.69) is 15.8 Å². The minimum Gasteiger partial charge on any atom is -0.455 e. The first-order valence-electron chi connectivity index (χ1n) is 5.77. The van der Waals surface area contributed by atoms with Gasteiger partial charge in [-0.15, -0.1) is 0 Å². The van der Waals surface area contributed by atoms with Crippen molar-refractivity contribution in [3.05, 3.63) is 36.1 Å². The molecule has 0 spiro atoms. The third-order valence-electron chi connectivity index (χ3n) is 2.44. The smallest absolute Gasteiger partial charge is 0.186 e. The highest BCUT2D eigenvalue weighted by atomic mass is 32.1. The van der Waals surface area contributed by atoms with Crippen molar-refractivity contribution in [1.29, 1.82) is 0 Å². The molecule has 18 heavy (non-hydrogen) atoms. The van der Waals surface area contributed by atoms with Gasteiger partial charge in [0.05, 0.1) is 0 Å². The maximum atomic E-state index is 5.69. The zero-order valence-corrected chi connectivity index (χ0v) is 11.2. The number of para-hydroxylation sites is 1. The van der Waals surface area contributed by atoms with Gasteiger partial charge in [-0.1, -0.05) is 18.2 Å². The summed E-state index contributed by atoms with van der Waals surface area (Å²) >= 11 is 5.03. The normalized spacial score (nSPS) is 11.6. The Morgan fingerprint density at radius 3 is 2.89 bits per heavy atom. The maximum Gasteiger partial charge on any atom is 0.186 e. The number of hydrogen-bond acceptors (Lipinski definition) is 3. The molecule has 0 saturated carbocycles. The Labute approximate surface area is 111 Å². The molecule has 0 aliphatic rings. The average Bonchev–Trinajstić information content (AvgIpc) is 2.80. The van der Waals surface area contributed by atoms with Crippen LogP contribution in [0.1, 0.15) is 19.6 Å². The van der Waals surface area contributed by atoms with Crippen LogP contribution in [0.4, 0.5) is 0 Å². The van der Waals surface area contributed by atoms with Gasteiger partial charge in [-0.25, -0.2) is 0 Å². The van der Waals surface area contributed by atoms with Gasteiger partial charge >= 0.3 is 0 Å². The van der Waals surface area contributed by atoms with Crippen molar-refractivity contribution in [2.75, 3.05) is 6.54 Å². The van der Waals surface area contributed by atoms with Crippen LogP contribution in [0, 0.1) is 0 Å². The van der Waals surface area contributed by atoms with Crippen molar-refractivity contribution >= 4 is 34.0 Å². The van der Waals surface area contributed by atoms with Crippen molar-refractivity contribution < 1.29 is 4.42 Å². The molecule has 1 heterocycles. The van der Waals surface area contributed by atoms with E-state index in [9.17, 15) is 0 Å². The molecule has 94 valence electrons. The van der Waals surface area contributed by atoms with Crippen LogP contribution >= 0.6 is 12.2 Å². The summed E-state index contributed by atoms with van der Waals surface area (Å²) in [6, 6.07) is 9.83. The van der Waals surface area contributed by atoms with Gasteiger partial charge in [-0.2, -0.15) is 5.10 Å². The van der Waals surface area contributed by atoms with E-state index in [4.69, 9.17) is 16.6 Å². The van der Waals surface area contributed by atoms with E-state index in [0.29, 0.717) is 5.11 Å². The first kappa shape index (κ1) is 12.6. The van der Waals surface area contributed by atoms with Gasteiger partial charge in [-0.05, 0) is 38.2 Å². The Kier molecular flexibility index (Phi) is 3.94. The Hall–Kier alpha value is -1.88. The Morgan fingerprint density at radius 2 is 2.17 bits per heavy atom. The van der Waals surface area contributed by atoms with Crippen molar-refractivity contribution in [3.63, 3.8) is 0 Å². The molecule has 0 bridgehead atoms. The average molecular weight is 261 g/mol. The van der Waals surface area contributed by atoms with Gasteiger partial charge in [0, 0.05) is 11.9 Å². The summed E-state index contributed by atoms with van der Waals surface area (Å²) in [5, 5.41) is 8.71. The van der Waals surface area contributed by atoms with Crippen molar-refractivity contribution in [2.24, 2.45) is 5.10 Å². The summed E-state index contributed by atoms with van der Waals surface area (Å²) in [5.41, 5.74) is 4.39. The van der Waals surface area contributed by atoms with Crippen molar-refractivity contribution in [1.82, 2.24) is 10.7 Å². The first-order chi connectivity index (χ1) is 8.70. The summed E-state index contributed by atoms with van der Waals surface area (Å²) in [7, 11) is 0.